The molecule has 0 aliphatic carbocycles. The van der Waals surface area contributed by atoms with Crippen LogP contribution < -0.4 is 20.1 Å². The molecule has 0 fully saturated rings. The van der Waals surface area contributed by atoms with E-state index in [0.717, 1.165) is 16.9 Å². The second-order valence-electron chi connectivity index (χ2n) is 6.17. The van der Waals surface area contributed by atoms with Crippen molar-refractivity contribution in [3.8, 4) is 11.5 Å². The van der Waals surface area contributed by atoms with E-state index >= 15 is 0 Å². The van der Waals surface area contributed by atoms with Crippen molar-refractivity contribution < 1.29 is 19.1 Å². The van der Waals surface area contributed by atoms with Crippen LogP contribution in [0.15, 0.2) is 29.6 Å². The van der Waals surface area contributed by atoms with Crippen LogP contribution in [0.5, 0.6) is 11.5 Å². The van der Waals surface area contributed by atoms with Gasteiger partial charge in [0.25, 0.3) is 0 Å². The molecule has 0 spiro atoms. The minimum absolute atomic E-state index is 0.0796. The number of ether oxygens (including phenoxy) is 2. The lowest BCUT2D eigenvalue weighted by atomic mass is 9.91. The highest BCUT2D eigenvalue weighted by atomic mass is 32.1. The van der Waals surface area contributed by atoms with Crippen LogP contribution in [0.25, 0.3) is 0 Å². The van der Waals surface area contributed by atoms with Crippen LogP contribution >= 0.6 is 11.3 Å². The van der Waals surface area contributed by atoms with Gasteiger partial charge in [-0.3, -0.25) is 15.0 Å². The third-order valence-corrected chi connectivity index (χ3v) is 5.54. The molecule has 0 bridgehead atoms. The molecule has 1 aliphatic rings. The SMILES string of the molecule is CNC(=O)NC(=O)CN1CCc2cc(OC)c(OC)cc2[C@H]1c1cccs1. The Morgan fingerprint density at radius 1 is 1.26 bits per heavy atom. The molecule has 0 unspecified atom stereocenters. The van der Waals surface area contributed by atoms with Crippen LogP contribution in [-0.4, -0.2) is 51.2 Å². The van der Waals surface area contributed by atoms with Gasteiger partial charge in [0.05, 0.1) is 26.8 Å². The summed E-state index contributed by atoms with van der Waals surface area (Å²) in [5.74, 6) is 1.03. The smallest absolute Gasteiger partial charge is 0.321 e. The lowest BCUT2D eigenvalue weighted by molar-refractivity contribution is -0.121. The second kappa shape index (κ2) is 8.41. The minimum Gasteiger partial charge on any atom is -0.493 e. The van der Waals surface area contributed by atoms with E-state index in [4.69, 9.17) is 9.47 Å². The molecule has 27 heavy (non-hydrogen) atoms. The molecule has 2 aromatic rings. The fourth-order valence-corrected chi connectivity index (χ4v) is 4.24. The summed E-state index contributed by atoms with van der Waals surface area (Å²) in [5.41, 5.74) is 2.27. The number of hydrogen-bond acceptors (Lipinski definition) is 6. The fraction of sp³-hybridized carbons (Fsp3) is 0.368. The normalized spacial score (nSPS) is 16.3. The Labute approximate surface area is 162 Å². The number of urea groups is 1. The van der Waals surface area contributed by atoms with Crippen LogP contribution in [0.4, 0.5) is 4.79 Å². The fourth-order valence-electron chi connectivity index (χ4n) is 3.36. The summed E-state index contributed by atoms with van der Waals surface area (Å²) in [6.45, 7) is 0.829. The van der Waals surface area contributed by atoms with Gasteiger partial charge >= 0.3 is 6.03 Å². The molecule has 1 atom stereocenters. The van der Waals surface area contributed by atoms with Crippen molar-refractivity contribution in [1.82, 2.24) is 15.5 Å². The van der Waals surface area contributed by atoms with Gasteiger partial charge in [-0.1, -0.05) is 6.07 Å². The number of nitrogens with one attached hydrogen (secondary N) is 2. The molecule has 144 valence electrons. The molecule has 0 saturated heterocycles. The number of imide groups is 1. The molecule has 8 heteroatoms. The quantitative estimate of drug-likeness (QED) is 0.819. The van der Waals surface area contributed by atoms with E-state index in [1.54, 1.807) is 25.6 Å². The Morgan fingerprint density at radius 3 is 2.63 bits per heavy atom. The monoisotopic (exact) mass is 389 g/mol. The van der Waals surface area contributed by atoms with E-state index in [1.165, 1.54) is 12.6 Å². The van der Waals surface area contributed by atoms with Crippen molar-refractivity contribution in [1.29, 1.82) is 0 Å². The molecule has 7 nitrogen and oxygen atoms in total. The van der Waals surface area contributed by atoms with Crippen LogP contribution in [0.1, 0.15) is 22.0 Å². The van der Waals surface area contributed by atoms with Crippen LogP contribution in [0.3, 0.4) is 0 Å². The zero-order chi connectivity index (χ0) is 19.4. The van der Waals surface area contributed by atoms with E-state index in [1.807, 2.05) is 23.6 Å². The molecule has 0 saturated carbocycles. The van der Waals surface area contributed by atoms with Gasteiger partial charge in [-0.15, -0.1) is 11.3 Å². The summed E-state index contributed by atoms with van der Waals surface area (Å²) >= 11 is 1.64. The number of thiophene rings is 1. The number of amides is 3. The molecule has 2 N–H and O–H groups in total. The van der Waals surface area contributed by atoms with Gasteiger partial charge < -0.3 is 14.8 Å². The molecular weight excluding hydrogens is 366 g/mol. The minimum atomic E-state index is -0.503. The van der Waals surface area contributed by atoms with Gasteiger partial charge in [0.15, 0.2) is 11.5 Å². The summed E-state index contributed by atoms with van der Waals surface area (Å²) in [5, 5.41) is 6.75. The molecule has 1 aromatic carbocycles. The Hall–Kier alpha value is -2.58. The van der Waals surface area contributed by atoms with Crippen molar-refractivity contribution in [2.45, 2.75) is 12.5 Å². The van der Waals surface area contributed by atoms with E-state index in [2.05, 4.69) is 21.6 Å². The topological polar surface area (TPSA) is 79.9 Å². The van der Waals surface area contributed by atoms with E-state index in [9.17, 15) is 9.59 Å². The molecule has 3 amide bonds. The number of hydrogen-bond donors (Lipinski definition) is 2. The highest BCUT2D eigenvalue weighted by Gasteiger charge is 2.32. The molecule has 2 heterocycles. The van der Waals surface area contributed by atoms with Crippen molar-refractivity contribution in [3.05, 3.63) is 45.6 Å². The predicted octanol–water partition coefficient (Wildman–Crippen LogP) is 2.17. The highest BCUT2D eigenvalue weighted by molar-refractivity contribution is 7.10. The Kier molecular flexibility index (Phi) is 5.98. The maximum absolute atomic E-state index is 12.3. The first-order valence-electron chi connectivity index (χ1n) is 8.61. The third-order valence-electron chi connectivity index (χ3n) is 4.61. The van der Waals surface area contributed by atoms with E-state index in [-0.39, 0.29) is 18.5 Å². The first-order chi connectivity index (χ1) is 13.1. The summed E-state index contributed by atoms with van der Waals surface area (Å²) in [7, 11) is 4.72. The summed E-state index contributed by atoms with van der Waals surface area (Å²) in [4.78, 5) is 26.9. The first-order valence-corrected chi connectivity index (χ1v) is 9.49. The highest BCUT2D eigenvalue weighted by Crippen LogP contribution is 2.41. The number of carbonyl (C=O) groups is 2. The van der Waals surface area contributed by atoms with Crippen LogP contribution in [0.2, 0.25) is 0 Å². The zero-order valence-electron chi connectivity index (χ0n) is 15.6. The van der Waals surface area contributed by atoms with Gasteiger partial charge in [0.1, 0.15) is 0 Å². The van der Waals surface area contributed by atoms with E-state index < -0.39 is 6.03 Å². The number of benzene rings is 1. The van der Waals surface area contributed by atoms with Gasteiger partial charge in [-0.25, -0.2) is 4.79 Å². The van der Waals surface area contributed by atoms with Crippen molar-refractivity contribution in [2.75, 3.05) is 34.4 Å². The lowest BCUT2D eigenvalue weighted by Gasteiger charge is -2.36. The predicted molar refractivity (Wildman–Crippen MR) is 104 cm³/mol. The van der Waals surface area contributed by atoms with Crippen LogP contribution in [-0.2, 0) is 11.2 Å². The number of methoxy groups -OCH3 is 2. The molecular formula is C19H23N3O4S. The zero-order valence-corrected chi connectivity index (χ0v) is 16.4. The third kappa shape index (κ3) is 4.06. The second-order valence-corrected chi connectivity index (χ2v) is 7.15. The van der Waals surface area contributed by atoms with Crippen LogP contribution in [0, 0.1) is 0 Å². The number of carbonyl (C=O) groups excluding carboxylic acids is 2. The van der Waals surface area contributed by atoms with Crippen molar-refractivity contribution in [3.63, 3.8) is 0 Å². The summed E-state index contributed by atoms with van der Waals surface area (Å²) in [6, 6.07) is 7.47. The lowest BCUT2D eigenvalue weighted by Crippen LogP contribution is -2.46. The Morgan fingerprint density at radius 2 is 2.00 bits per heavy atom. The largest absolute Gasteiger partial charge is 0.493 e. The van der Waals surface area contributed by atoms with Crippen molar-refractivity contribution >= 4 is 23.3 Å². The van der Waals surface area contributed by atoms with E-state index in [0.29, 0.717) is 18.0 Å². The van der Waals surface area contributed by atoms with Gasteiger partial charge in [-0.2, -0.15) is 0 Å². The van der Waals surface area contributed by atoms with Gasteiger partial charge in [0, 0.05) is 18.5 Å². The molecule has 1 aromatic heterocycles. The molecule has 3 rings (SSSR count). The maximum atomic E-state index is 12.3. The number of nitrogens with zero attached hydrogens (tertiary/aromatic N) is 1. The van der Waals surface area contributed by atoms with Gasteiger partial charge in [-0.05, 0) is 41.1 Å². The molecule has 1 aliphatic heterocycles. The molecule has 0 radical (unpaired) electrons. The number of fused-ring (bicyclic) bond motifs is 1. The summed E-state index contributed by atoms with van der Waals surface area (Å²) in [6.07, 6.45) is 0.783. The Bertz CT molecular complexity index is 823. The average Bonchev–Trinajstić information content (AvgIpc) is 3.20. The van der Waals surface area contributed by atoms with Crippen molar-refractivity contribution in [2.24, 2.45) is 0 Å². The van der Waals surface area contributed by atoms with Gasteiger partial charge in [0.2, 0.25) is 5.91 Å². The first kappa shape index (κ1) is 19.2. The summed E-state index contributed by atoms with van der Waals surface area (Å²) < 4.78 is 10.9. The Balaban J connectivity index is 1.95. The number of rotatable bonds is 5. The standard InChI is InChI=1S/C19H23N3O4S/c1-20-19(24)21-17(23)11-22-7-6-12-9-14(25-2)15(26-3)10-13(12)18(22)16-5-4-8-27-16/h4-5,8-10,18H,6-7,11H2,1-3H3,(H2,20,21,23,24)/t18-/m0/s1. The maximum Gasteiger partial charge on any atom is 0.321 e. The average molecular weight is 389 g/mol.